The minimum Gasteiger partial charge on any atom is -0.367 e. The van der Waals surface area contributed by atoms with Gasteiger partial charge in [-0.2, -0.15) is 0 Å². The molecule has 1 heterocycles. The zero-order valence-electron chi connectivity index (χ0n) is 13.4. The van der Waals surface area contributed by atoms with E-state index < -0.39 is 5.82 Å². The van der Waals surface area contributed by atoms with Gasteiger partial charge in [0.15, 0.2) is 0 Å². The van der Waals surface area contributed by atoms with Crippen molar-refractivity contribution in [1.29, 1.82) is 0 Å². The van der Waals surface area contributed by atoms with Crippen LogP contribution >= 0.6 is 11.6 Å². The van der Waals surface area contributed by atoms with Crippen LogP contribution in [0.1, 0.15) is 10.4 Å². The molecule has 0 unspecified atom stereocenters. The van der Waals surface area contributed by atoms with Crippen LogP contribution in [0.2, 0.25) is 5.02 Å². The summed E-state index contributed by atoms with van der Waals surface area (Å²) in [5.41, 5.74) is 1.85. The van der Waals surface area contributed by atoms with E-state index in [2.05, 4.69) is 22.2 Å². The number of benzene rings is 2. The number of amides is 1. The van der Waals surface area contributed by atoms with Gasteiger partial charge in [-0.3, -0.25) is 4.79 Å². The Kier molecular flexibility index (Phi) is 5.02. The third kappa shape index (κ3) is 3.86. The molecule has 1 aliphatic rings. The molecule has 0 spiro atoms. The Morgan fingerprint density at radius 2 is 1.88 bits per heavy atom. The number of piperazine rings is 1. The van der Waals surface area contributed by atoms with Crippen molar-refractivity contribution in [2.24, 2.45) is 0 Å². The SMILES string of the molecule is CN1CCN(c2ccc(Cl)cc2NC(=O)c2cccc(F)c2)CC1. The lowest BCUT2D eigenvalue weighted by Gasteiger charge is -2.35. The van der Waals surface area contributed by atoms with E-state index in [1.165, 1.54) is 18.2 Å². The van der Waals surface area contributed by atoms with Crippen molar-refractivity contribution in [2.45, 2.75) is 0 Å². The quantitative estimate of drug-likeness (QED) is 0.923. The van der Waals surface area contributed by atoms with Crippen molar-refractivity contribution in [3.05, 3.63) is 58.9 Å². The Morgan fingerprint density at radius 3 is 2.58 bits per heavy atom. The highest BCUT2D eigenvalue weighted by Gasteiger charge is 2.18. The number of nitrogens with one attached hydrogen (secondary N) is 1. The van der Waals surface area contributed by atoms with Crippen LogP contribution in [0.3, 0.4) is 0 Å². The maximum atomic E-state index is 13.3. The van der Waals surface area contributed by atoms with Crippen molar-refractivity contribution in [3.63, 3.8) is 0 Å². The summed E-state index contributed by atoms with van der Waals surface area (Å²) in [4.78, 5) is 16.9. The molecule has 126 valence electrons. The molecule has 1 amide bonds. The molecule has 2 aromatic rings. The van der Waals surface area contributed by atoms with E-state index in [-0.39, 0.29) is 11.5 Å². The van der Waals surface area contributed by atoms with E-state index in [9.17, 15) is 9.18 Å². The zero-order valence-corrected chi connectivity index (χ0v) is 14.2. The molecule has 1 N–H and O–H groups in total. The topological polar surface area (TPSA) is 35.6 Å². The summed E-state index contributed by atoms with van der Waals surface area (Å²) < 4.78 is 13.3. The third-order valence-corrected chi connectivity index (χ3v) is 4.37. The third-order valence-electron chi connectivity index (χ3n) is 4.14. The van der Waals surface area contributed by atoms with Crippen LogP contribution in [0.4, 0.5) is 15.8 Å². The zero-order chi connectivity index (χ0) is 17.1. The smallest absolute Gasteiger partial charge is 0.255 e. The Bertz CT molecular complexity index is 745. The first kappa shape index (κ1) is 16.7. The molecule has 0 atom stereocenters. The van der Waals surface area contributed by atoms with Gasteiger partial charge >= 0.3 is 0 Å². The maximum absolute atomic E-state index is 13.3. The van der Waals surface area contributed by atoms with Gasteiger partial charge in [-0.25, -0.2) is 4.39 Å². The van der Waals surface area contributed by atoms with Gasteiger partial charge in [0, 0.05) is 36.8 Å². The van der Waals surface area contributed by atoms with Crippen LogP contribution in [-0.4, -0.2) is 44.0 Å². The predicted octanol–water partition coefficient (Wildman–Crippen LogP) is 3.48. The molecular weight excluding hydrogens is 329 g/mol. The van der Waals surface area contributed by atoms with Crippen molar-refractivity contribution >= 4 is 28.9 Å². The van der Waals surface area contributed by atoms with E-state index in [1.54, 1.807) is 12.1 Å². The monoisotopic (exact) mass is 347 g/mol. The van der Waals surface area contributed by atoms with Crippen molar-refractivity contribution in [2.75, 3.05) is 43.4 Å². The number of rotatable bonds is 3. The largest absolute Gasteiger partial charge is 0.367 e. The van der Waals surface area contributed by atoms with E-state index in [0.29, 0.717) is 10.7 Å². The Balaban J connectivity index is 1.84. The molecule has 0 radical (unpaired) electrons. The van der Waals surface area contributed by atoms with Crippen LogP contribution in [0.25, 0.3) is 0 Å². The number of halogens is 2. The molecule has 0 aromatic heterocycles. The molecule has 3 rings (SSSR count). The van der Waals surface area contributed by atoms with Gasteiger partial charge in [0.25, 0.3) is 5.91 Å². The van der Waals surface area contributed by atoms with Crippen molar-refractivity contribution < 1.29 is 9.18 Å². The molecule has 0 bridgehead atoms. The van der Waals surface area contributed by atoms with E-state index in [1.807, 2.05) is 12.1 Å². The predicted molar refractivity (Wildman–Crippen MR) is 95.5 cm³/mol. The van der Waals surface area contributed by atoms with Crippen LogP contribution in [0, 0.1) is 5.82 Å². The van der Waals surface area contributed by atoms with Gasteiger partial charge in [-0.1, -0.05) is 17.7 Å². The molecule has 2 aromatic carbocycles. The Labute approximate surface area is 145 Å². The standard InChI is InChI=1S/C18H19ClFN3O/c1-22-7-9-23(10-8-22)17-6-5-14(19)12-16(17)21-18(24)13-3-2-4-15(20)11-13/h2-6,11-12H,7-10H2,1H3,(H,21,24). The van der Waals surface area contributed by atoms with Crippen molar-refractivity contribution in [3.8, 4) is 0 Å². The molecule has 0 saturated carbocycles. The lowest BCUT2D eigenvalue weighted by Crippen LogP contribution is -2.44. The van der Waals surface area contributed by atoms with Gasteiger partial charge in [-0.15, -0.1) is 0 Å². The van der Waals surface area contributed by atoms with E-state index in [0.717, 1.165) is 31.9 Å². The summed E-state index contributed by atoms with van der Waals surface area (Å²) in [5.74, 6) is -0.792. The van der Waals surface area contributed by atoms with Crippen LogP contribution in [-0.2, 0) is 0 Å². The van der Waals surface area contributed by atoms with Gasteiger partial charge in [0.05, 0.1) is 11.4 Å². The molecule has 4 nitrogen and oxygen atoms in total. The molecule has 1 aliphatic heterocycles. The number of hydrogen-bond acceptors (Lipinski definition) is 3. The number of anilines is 2. The highest BCUT2D eigenvalue weighted by Crippen LogP contribution is 2.30. The summed E-state index contributed by atoms with van der Waals surface area (Å²) in [5, 5.41) is 3.40. The first-order chi connectivity index (χ1) is 11.5. The average Bonchev–Trinajstić information content (AvgIpc) is 2.56. The number of hydrogen-bond donors (Lipinski definition) is 1. The minimum atomic E-state index is -0.437. The molecule has 0 aliphatic carbocycles. The van der Waals surface area contributed by atoms with Gasteiger partial charge in [0.2, 0.25) is 0 Å². The lowest BCUT2D eigenvalue weighted by atomic mass is 10.1. The highest BCUT2D eigenvalue weighted by atomic mass is 35.5. The van der Waals surface area contributed by atoms with Crippen LogP contribution < -0.4 is 10.2 Å². The average molecular weight is 348 g/mol. The fourth-order valence-corrected chi connectivity index (χ4v) is 2.93. The number of carbonyl (C=O) groups excluding carboxylic acids is 1. The minimum absolute atomic E-state index is 0.277. The van der Waals surface area contributed by atoms with Gasteiger partial charge < -0.3 is 15.1 Å². The molecule has 24 heavy (non-hydrogen) atoms. The number of carbonyl (C=O) groups is 1. The summed E-state index contributed by atoms with van der Waals surface area (Å²) >= 11 is 6.10. The summed E-state index contributed by atoms with van der Waals surface area (Å²) in [6.07, 6.45) is 0. The highest BCUT2D eigenvalue weighted by molar-refractivity contribution is 6.31. The second-order valence-corrected chi connectivity index (χ2v) is 6.35. The fourth-order valence-electron chi connectivity index (χ4n) is 2.76. The summed E-state index contributed by atoms with van der Waals surface area (Å²) in [6.45, 7) is 3.67. The second-order valence-electron chi connectivity index (χ2n) is 5.92. The number of likely N-dealkylation sites (N-methyl/N-ethyl adjacent to an activating group) is 1. The molecule has 1 saturated heterocycles. The lowest BCUT2D eigenvalue weighted by molar-refractivity contribution is 0.102. The van der Waals surface area contributed by atoms with E-state index in [4.69, 9.17) is 11.6 Å². The summed E-state index contributed by atoms with van der Waals surface area (Å²) in [7, 11) is 2.09. The van der Waals surface area contributed by atoms with E-state index >= 15 is 0 Å². The Hall–Kier alpha value is -2.11. The second kappa shape index (κ2) is 7.20. The first-order valence-electron chi connectivity index (χ1n) is 7.83. The maximum Gasteiger partial charge on any atom is 0.255 e. The van der Waals surface area contributed by atoms with Crippen LogP contribution in [0.15, 0.2) is 42.5 Å². The van der Waals surface area contributed by atoms with Crippen molar-refractivity contribution in [1.82, 2.24) is 4.90 Å². The number of nitrogens with zero attached hydrogens (tertiary/aromatic N) is 2. The molecule has 6 heteroatoms. The Morgan fingerprint density at radius 1 is 1.12 bits per heavy atom. The molecular formula is C18H19ClFN3O. The normalized spacial score (nSPS) is 15.4. The van der Waals surface area contributed by atoms with Crippen LogP contribution in [0.5, 0.6) is 0 Å². The fraction of sp³-hybridized carbons (Fsp3) is 0.278. The molecule has 1 fully saturated rings. The van der Waals surface area contributed by atoms with Gasteiger partial charge in [0.1, 0.15) is 5.82 Å². The van der Waals surface area contributed by atoms with Gasteiger partial charge in [-0.05, 0) is 43.4 Å². The first-order valence-corrected chi connectivity index (χ1v) is 8.21. The summed E-state index contributed by atoms with van der Waals surface area (Å²) in [6, 6.07) is 11.1.